The number of aliphatic hydroxyl groups is 2. The summed E-state index contributed by atoms with van der Waals surface area (Å²) in [5.41, 5.74) is 1.68. The quantitative estimate of drug-likeness (QED) is 0.341. The van der Waals surface area contributed by atoms with Gasteiger partial charge in [-0.3, -0.25) is 9.59 Å². The summed E-state index contributed by atoms with van der Waals surface area (Å²) in [4.78, 5) is 45.3. The Morgan fingerprint density at radius 3 is 2.65 bits per heavy atom. The average Bonchev–Trinajstić information content (AvgIpc) is 3.23. The number of nitrogens with zero attached hydrogens (tertiary/aromatic N) is 2. The SMILES string of the molecule is CC12CCC3c4ccc(O)cc4C(=NOCC(=O)ON4C(=O)CCC4=O)CC3C1CCC2(O)O. The van der Waals surface area contributed by atoms with Gasteiger partial charge in [-0.05, 0) is 61.1 Å². The van der Waals surface area contributed by atoms with Crippen LogP contribution in [0.15, 0.2) is 23.4 Å². The maximum absolute atomic E-state index is 12.1. The van der Waals surface area contributed by atoms with Crippen LogP contribution in [0, 0.1) is 17.3 Å². The predicted molar refractivity (Wildman–Crippen MR) is 116 cm³/mol. The molecule has 4 aliphatic rings. The second-order valence-electron chi connectivity index (χ2n) is 10.0. The number of phenolic OH excluding ortho intramolecular Hbond substituents is 1. The fraction of sp³-hybridized carbons (Fsp3) is 0.583. The Bertz CT molecular complexity index is 1070. The molecule has 0 bridgehead atoms. The first-order valence-electron chi connectivity index (χ1n) is 11.6. The number of hydrogen-bond donors (Lipinski definition) is 3. The fourth-order valence-corrected chi connectivity index (χ4v) is 6.44. The highest BCUT2D eigenvalue weighted by Gasteiger charge is 2.61. The third kappa shape index (κ3) is 3.56. The van der Waals surface area contributed by atoms with Crippen molar-refractivity contribution in [1.29, 1.82) is 0 Å². The number of fused-ring (bicyclic) bond motifs is 5. The zero-order chi connectivity index (χ0) is 24.3. The molecule has 10 nitrogen and oxygen atoms in total. The number of hydrogen-bond acceptors (Lipinski definition) is 9. The van der Waals surface area contributed by atoms with E-state index in [0.717, 1.165) is 17.5 Å². The van der Waals surface area contributed by atoms with Crippen molar-refractivity contribution in [1.82, 2.24) is 5.06 Å². The molecule has 182 valence electrons. The number of hydroxylamine groups is 2. The summed E-state index contributed by atoms with van der Waals surface area (Å²) in [5, 5.41) is 36.0. The van der Waals surface area contributed by atoms with E-state index in [0.29, 0.717) is 36.5 Å². The first-order chi connectivity index (χ1) is 16.1. The van der Waals surface area contributed by atoms with E-state index < -0.39 is 35.6 Å². The number of amides is 2. The number of rotatable bonds is 4. The van der Waals surface area contributed by atoms with Gasteiger partial charge in [0.15, 0.2) is 5.79 Å². The Morgan fingerprint density at radius 2 is 1.91 bits per heavy atom. The summed E-state index contributed by atoms with van der Waals surface area (Å²) in [7, 11) is 0. The minimum atomic E-state index is -1.71. The van der Waals surface area contributed by atoms with Crippen LogP contribution in [0.5, 0.6) is 5.75 Å². The molecule has 5 rings (SSSR count). The molecule has 1 heterocycles. The third-order valence-electron chi connectivity index (χ3n) is 8.28. The van der Waals surface area contributed by atoms with E-state index in [1.807, 2.05) is 13.0 Å². The van der Waals surface area contributed by atoms with E-state index in [1.165, 1.54) is 0 Å². The fourth-order valence-electron chi connectivity index (χ4n) is 6.44. The van der Waals surface area contributed by atoms with Crippen molar-refractivity contribution in [3.63, 3.8) is 0 Å². The Hall–Kier alpha value is -2.98. The number of imide groups is 1. The summed E-state index contributed by atoms with van der Waals surface area (Å²) in [5.74, 6) is -3.33. The van der Waals surface area contributed by atoms with E-state index >= 15 is 0 Å². The first kappa shape index (κ1) is 22.8. The van der Waals surface area contributed by atoms with Gasteiger partial charge in [0, 0.05) is 30.2 Å². The van der Waals surface area contributed by atoms with Crippen molar-refractivity contribution >= 4 is 23.5 Å². The number of oxime groups is 1. The molecule has 0 radical (unpaired) electrons. The normalized spacial score (nSPS) is 32.9. The lowest BCUT2D eigenvalue weighted by Gasteiger charge is -2.51. The molecule has 1 aliphatic heterocycles. The summed E-state index contributed by atoms with van der Waals surface area (Å²) in [6, 6.07) is 5.13. The van der Waals surface area contributed by atoms with E-state index in [1.54, 1.807) is 12.1 Å². The molecule has 1 saturated heterocycles. The van der Waals surface area contributed by atoms with Crippen LogP contribution < -0.4 is 0 Å². The van der Waals surface area contributed by atoms with Crippen molar-refractivity contribution < 1.29 is 39.4 Å². The Morgan fingerprint density at radius 1 is 1.18 bits per heavy atom. The molecule has 3 N–H and O–H groups in total. The molecule has 0 spiro atoms. The van der Waals surface area contributed by atoms with Crippen molar-refractivity contribution in [2.45, 2.75) is 63.6 Å². The molecule has 2 amide bonds. The first-order valence-corrected chi connectivity index (χ1v) is 11.6. The molecule has 2 saturated carbocycles. The third-order valence-corrected chi connectivity index (χ3v) is 8.28. The number of phenols is 1. The van der Waals surface area contributed by atoms with Gasteiger partial charge in [0.2, 0.25) is 6.61 Å². The lowest BCUT2D eigenvalue weighted by Crippen LogP contribution is -2.51. The zero-order valence-electron chi connectivity index (χ0n) is 18.9. The Balaban J connectivity index is 1.36. The molecule has 34 heavy (non-hydrogen) atoms. The summed E-state index contributed by atoms with van der Waals surface area (Å²) in [6.07, 6.45) is 2.99. The maximum atomic E-state index is 12.1. The van der Waals surface area contributed by atoms with E-state index in [2.05, 4.69) is 5.16 Å². The van der Waals surface area contributed by atoms with Crippen LogP contribution in [0.25, 0.3) is 0 Å². The lowest BCUT2D eigenvalue weighted by molar-refractivity contribution is -0.241. The lowest BCUT2D eigenvalue weighted by atomic mass is 9.54. The van der Waals surface area contributed by atoms with E-state index in [9.17, 15) is 29.7 Å². The number of benzene rings is 1. The molecule has 1 aromatic carbocycles. The summed E-state index contributed by atoms with van der Waals surface area (Å²) >= 11 is 0. The van der Waals surface area contributed by atoms with E-state index in [4.69, 9.17) is 9.68 Å². The number of carbonyl (C=O) groups is 3. The number of carbonyl (C=O) groups excluding carboxylic acids is 3. The van der Waals surface area contributed by atoms with Gasteiger partial charge >= 0.3 is 5.97 Å². The van der Waals surface area contributed by atoms with Gasteiger partial charge in [-0.2, -0.15) is 0 Å². The maximum Gasteiger partial charge on any atom is 0.373 e. The van der Waals surface area contributed by atoms with Crippen molar-refractivity contribution in [3.8, 4) is 5.75 Å². The van der Waals surface area contributed by atoms with Gasteiger partial charge in [0.05, 0.1) is 5.71 Å². The molecule has 3 aliphatic carbocycles. The van der Waals surface area contributed by atoms with Gasteiger partial charge in [-0.25, -0.2) is 4.79 Å². The summed E-state index contributed by atoms with van der Waals surface area (Å²) < 4.78 is 0. The largest absolute Gasteiger partial charge is 0.508 e. The van der Waals surface area contributed by atoms with Crippen LogP contribution in [0.3, 0.4) is 0 Å². The molecule has 4 atom stereocenters. The molecule has 4 unspecified atom stereocenters. The van der Waals surface area contributed by atoms with Crippen molar-refractivity contribution in [2.75, 3.05) is 6.61 Å². The van der Waals surface area contributed by atoms with Crippen LogP contribution >= 0.6 is 0 Å². The van der Waals surface area contributed by atoms with Gasteiger partial charge < -0.3 is 25.0 Å². The van der Waals surface area contributed by atoms with Gasteiger partial charge in [-0.15, -0.1) is 5.06 Å². The van der Waals surface area contributed by atoms with Crippen LogP contribution in [0.2, 0.25) is 0 Å². The highest BCUT2D eigenvalue weighted by Crippen LogP contribution is 2.63. The molecule has 10 heteroatoms. The molecule has 3 fully saturated rings. The van der Waals surface area contributed by atoms with Crippen LogP contribution in [-0.2, 0) is 24.1 Å². The molecule has 0 aromatic heterocycles. The van der Waals surface area contributed by atoms with Gasteiger partial charge in [0.1, 0.15) is 5.75 Å². The molecular weight excluding hydrogens is 444 g/mol. The average molecular weight is 472 g/mol. The highest BCUT2D eigenvalue weighted by molar-refractivity contribution is 6.03. The minimum absolute atomic E-state index is 0.00115. The molecule has 1 aromatic rings. The van der Waals surface area contributed by atoms with E-state index in [-0.39, 0.29) is 36.3 Å². The minimum Gasteiger partial charge on any atom is -0.508 e. The monoisotopic (exact) mass is 472 g/mol. The van der Waals surface area contributed by atoms with Crippen LogP contribution in [0.1, 0.15) is 68.9 Å². The second-order valence-corrected chi connectivity index (χ2v) is 10.0. The number of aromatic hydroxyl groups is 1. The predicted octanol–water partition coefficient (Wildman–Crippen LogP) is 1.71. The Labute approximate surface area is 196 Å². The standard InChI is InChI=1S/C24H28N2O8/c1-23-8-6-15-14-3-2-13(27)10-17(14)19(11-16(15)18(23)7-9-24(23,31)32)25-33-12-22(30)34-26-20(28)4-5-21(26)29/h2-3,10,15-16,18,27,31-32H,4-9,11-12H2,1H3. The summed E-state index contributed by atoms with van der Waals surface area (Å²) in [6.45, 7) is 1.35. The van der Waals surface area contributed by atoms with Gasteiger partial charge in [0.25, 0.3) is 11.8 Å². The van der Waals surface area contributed by atoms with Crippen molar-refractivity contribution in [3.05, 3.63) is 29.3 Å². The van der Waals surface area contributed by atoms with Crippen LogP contribution in [-0.4, -0.2) is 56.3 Å². The van der Waals surface area contributed by atoms with Crippen LogP contribution in [0.4, 0.5) is 0 Å². The van der Waals surface area contributed by atoms with Crippen molar-refractivity contribution in [2.24, 2.45) is 22.4 Å². The topological polar surface area (TPSA) is 146 Å². The van der Waals surface area contributed by atoms with Gasteiger partial charge in [-0.1, -0.05) is 18.1 Å². The zero-order valence-corrected chi connectivity index (χ0v) is 18.9. The Kier molecular flexibility index (Phi) is 5.40. The molecular formula is C24H28N2O8. The highest BCUT2D eigenvalue weighted by atomic mass is 16.7. The second kappa shape index (κ2) is 8.06. The smallest absolute Gasteiger partial charge is 0.373 e.